The smallest absolute Gasteiger partial charge is 0.261 e. The number of hydrogen-bond acceptors (Lipinski definition) is 3. The Hall–Kier alpha value is -1.76. The first-order valence-corrected chi connectivity index (χ1v) is 12.6. The molecule has 0 fully saturated rings. The van der Waals surface area contributed by atoms with Gasteiger partial charge in [0.1, 0.15) is 11.8 Å². The van der Waals surface area contributed by atoms with Crippen molar-refractivity contribution in [1.82, 2.24) is 10.2 Å². The van der Waals surface area contributed by atoms with Crippen molar-refractivity contribution in [3.8, 4) is 5.75 Å². The van der Waals surface area contributed by atoms with E-state index in [1.807, 2.05) is 46.8 Å². The van der Waals surface area contributed by atoms with Gasteiger partial charge < -0.3 is 15.0 Å². The second-order valence-corrected chi connectivity index (χ2v) is 9.78. The van der Waals surface area contributed by atoms with Gasteiger partial charge in [0.2, 0.25) is 5.91 Å². The van der Waals surface area contributed by atoms with Gasteiger partial charge in [0, 0.05) is 17.1 Å². The van der Waals surface area contributed by atoms with Crippen LogP contribution in [-0.2, 0) is 16.1 Å². The first-order chi connectivity index (χ1) is 15.6. The van der Waals surface area contributed by atoms with Crippen LogP contribution in [0.15, 0.2) is 34.8 Å². The van der Waals surface area contributed by atoms with E-state index >= 15 is 0 Å². The van der Waals surface area contributed by atoms with Gasteiger partial charge in [0.25, 0.3) is 5.91 Å². The second-order valence-electron chi connectivity index (χ2n) is 8.17. The Morgan fingerprint density at radius 1 is 1.06 bits per heavy atom. The molecule has 0 unspecified atom stereocenters. The summed E-state index contributed by atoms with van der Waals surface area (Å²) in [5.74, 6) is 0.134. The van der Waals surface area contributed by atoms with Crippen LogP contribution in [0.4, 0.5) is 0 Å². The molecule has 2 amide bonds. The predicted octanol–water partition coefficient (Wildman–Crippen LogP) is 6.47. The molecule has 0 bridgehead atoms. The summed E-state index contributed by atoms with van der Waals surface area (Å²) in [6, 6.07) is 8.33. The molecule has 0 saturated heterocycles. The van der Waals surface area contributed by atoms with Crippen molar-refractivity contribution >= 4 is 50.9 Å². The maximum absolute atomic E-state index is 13.3. The average Bonchev–Trinajstić information content (AvgIpc) is 2.77. The highest BCUT2D eigenvalue weighted by Gasteiger charge is 2.29. The van der Waals surface area contributed by atoms with Crippen molar-refractivity contribution in [1.29, 1.82) is 0 Å². The third-order valence-corrected chi connectivity index (χ3v) is 7.49. The summed E-state index contributed by atoms with van der Waals surface area (Å²) in [7, 11) is 0. The number of amides is 2. The summed E-state index contributed by atoms with van der Waals surface area (Å²) in [4.78, 5) is 27.9. The van der Waals surface area contributed by atoms with E-state index in [1.165, 1.54) is 0 Å². The van der Waals surface area contributed by atoms with Gasteiger partial charge in [0.15, 0.2) is 6.61 Å². The number of nitrogens with zero attached hydrogens (tertiary/aromatic N) is 1. The molecule has 0 aromatic heterocycles. The van der Waals surface area contributed by atoms with Crippen molar-refractivity contribution in [3.63, 3.8) is 0 Å². The van der Waals surface area contributed by atoms with E-state index in [-0.39, 0.29) is 31.0 Å². The first kappa shape index (κ1) is 27.5. The maximum atomic E-state index is 13.3. The Bertz CT molecular complexity index is 977. The number of aryl methyl sites for hydroxylation is 2. The summed E-state index contributed by atoms with van der Waals surface area (Å²) in [5.41, 5.74) is 2.82. The molecule has 0 aliphatic heterocycles. The molecule has 0 spiro atoms. The lowest BCUT2D eigenvalue weighted by Crippen LogP contribution is -2.51. The lowest BCUT2D eigenvalue weighted by Gasteiger charge is -2.31. The van der Waals surface area contributed by atoms with E-state index in [4.69, 9.17) is 27.9 Å². The molecule has 180 valence electrons. The molecule has 2 aromatic carbocycles. The predicted molar refractivity (Wildman–Crippen MR) is 138 cm³/mol. The van der Waals surface area contributed by atoms with E-state index in [9.17, 15) is 9.59 Å². The molecule has 0 saturated carbocycles. The summed E-state index contributed by atoms with van der Waals surface area (Å²) in [5, 5.41) is 3.82. The second kappa shape index (κ2) is 12.6. The third-order valence-electron chi connectivity index (χ3n) is 5.50. The van der Waals surface area contributed by atoms with E-state index < -0.39 is 6.04 Å². The zero-order valence-corrected chi connectivity index (χ0v) is 22.8. The summed E-state index contributed by atoms with van der Waals surface area (Å²) in [6.45, 7) is 9.79. The monoisotopic (exact) mass is 556 g/mol. The molecule has 8 heteroatoms. The molecule has 0 heterocycles. The molecular weight excluding hydrogens is 527 g/mol. The van der Waals surface area contributed by atoms with Crippen LogP contribution in [0.3, 0.4) is 0 Å². The largest absolute Gasteiger partial charge is 0.484 e. The molecule has 0 aliphatic rings. The van der Waals surface area contributed by atoms with Gasteiger partial charge in [0.05, 0.1) is 10.0 Å². The minimum Gasteiger partial charge on any atom is -0.484 e. The number of carbonyl (C=O) groups is 2. The van der Waals surface area contributed by atoms with Gasteiger partial charge in [-0.3, -0.25) is 9.59 Å². The average molecular weight is 558 g/mol. The fourth-order valence-electron chi connectivity index (χ4n) is 3.41. The van der Waals surface area contributed by atoms with Gasteiger partial charge >= 0.3 is 0 Å². The molecule has 2 rings (SSSR count). The Kier molecular flexibility index (Phi) is 10.5. The molecule has 2 aromatic rings. The Morgan fingerprint density at radius 3 is 2.24 bits per heavy atom. The number of hydrogen-bond donors (Lipinski definition) is 1. The van der Waals surface area contributed by atoms with Crippen LogP contribution in [0, 0.1) is 13.8 Å². The molecule has 2 atom stereocenters. The highest BCUT2D eigenvalue weighted by atomic mass is 79.9. The van der Waals surface area contributed by atoms with Gasteiger partial charge in [-0.15, -0.1) is 0 Å². The van der Waals surface area contributed by atoms with Crippen molar-refractivity contribution < 1.29 is 14.3 Å². The topological polar surface area (TPSA) is 58.6 Å². The van der Waals surface area contributed by atoms with Crippen LogP contribution >= 0.6 is 39.1 Å². The fourth-order valence-corrected chi connectivity index (χ4v) is 3.96. The highest BCUT2D eigenvalue weighted by molar-refractivity contribution is 9.10. The quantitative estimate of drug-likeness (QED) is 0.364. The van der Waals surface area contributed by atoms with E-state index in [1.54, 1.807) is 23.1 Å². The Morgan fingerprint density at radius 2 is 1.70 bits per heavy atom. The van der Waals surface area contributed by atoms with Crippen molar-refractivity contribution in [2.75, 3.05) is 6.61 Å². The summed E-state index contributed by atoms with van der Waals surface area (Å²) in [6.07, 6.45) is 1.26. The minimum absolute atomic E-state index is 0.0124. The summed E-state index contributed by atoms with van der Waals surface area (Å²) >= 11 is 15.8. The van der Waals surface area contributed by atoms with Crippen LogP contribution in [0.5, 0.6) is 5.75 Å². The highest BCUT2D eigenvalue weighted by Crippen LogP contribution is 2.27. The first-order valence-electron chi connectivity index (χ1n) is 11.0. The van der Waals surface area contributed by atoms with Crippen LogP contribution in [0.25, 0.3) is 0 Å². The third kappa shape index (κ3) is 7.62. The van der Waals surface area contributed by atoms with Crippen LogP contribution in [0.1, 0.15) is 50.3 Å². The number of halogens is 3. The Labute approximate surface area is 214 Å². The number of rotatable bonds is 10. The lowest BCUT2D eigenvalue weighted by molar-refractivity contribution is -0.143. The van der Waals surface area contributed by atoms with Crippen LogP contribution in [0.2, 0.25) is 10.0 Å². The van der Waals surface area contributed by atoms with Gasteiger partial charge in [-0.1, -0.05) is 59.0 Å². The maximum Gasteiger partial charge on any atom is 0.261 e. The van der Waals surface area contributed by atoms with Crippen molar-refractivity contribution in [2.45, 2.75) is 66.1 Å². The molecule has 1 N–H and O–H groups in total. The standard InChI is InChI=1S/C25H31BrCl2N2O3/c1-6-17(5)29-25(32)22(7-2)30(13-18-8-9-20(27)21(28)12-18)23(31)14-33-19-10-15(3)24(26)16(4)11-19/h8-12,17,22H,6-7,13-14H2,1-5H3,(H,29,32)/t17-,22-/m1/s1. The lowest BCUT2D eigenvalue weighted by atomic mass is 10.1. The number of ether oxygens (including phenoxy) is 1. The molecular formula is C25H31BrCl2N2O3. The zero-order valence-electron chi connectivity index (χ0n) is 19.7. The van der Waals surface area contributed by atoms with Crippen LogP contribution < -0.4 is 10.1 Å². The molecule has 33 heavy (non-hydrogen) atoms. The van der Waals surface area contributed by atoms with Gasteiger partial charge in [-0.25, -0.2) is 0 Å². The van der Waals surface area contributed by atoms with E-state index in [0.717, 1.165) is 27.6 Å². The molecule has 0 aliphatic carbocycles. The van der Waals surface area contributed by atoms with Gasteiger partial charge in [-0.2, -0.15) is 0 Å². The molecule has 5 nitrogen and oxygen atoms in total. The van der Waals surface area contributed by atoms with Crippen LogP contribution in [-0.4, -0.2) is 35.4 Å². The Balaban J connectivity index is 2.28. The number of nitrogens with one attached hydrogen (secondary N) is 1. The number of benzene rings is 2. The fraction of sp³-hybridized carbons (Fsp3) is 0.440. The minimum atomic E-state index is -0.641. The molecule has 0 radical (unpaired) electrons. The van der Waals surface area contributed by atoms with Crippen molar-refractivity contribution in [2.24, 2.45) is 0 Å². The van der Waals surface area contributed by atoms with Gasteiger partial charge in [-0.05, 0) is 74.6 Å². The van der Waals surface area contributed by atoms with E-state index in [2.05, 4.69) is 21.2 Å². The zero-order chi connectivity index (χ0) is 24.7. The SMILES string of the molecule is CC[C@@H](C)NC(=O)[C@@H](CC)N(Cc1ccc(Cl)c(Cl)c1)C(=O)COc1cc(C)c(Br)c(C)c1. The number of carbonyl (C=O) groups excluding carboxylic acids is 2. The normalized spacial score (nSPS) is 12.7. The van der Waals surface area contributed by atoms with Crippen molar-refractivity contribution in [3.05, 3.63) is 61.5 Å². The van der Waals surface area contributed by atoms with E-state index in [0.29, 0.717) is 22.2 Å². The summed E-state index contributed by atoms with van der Waals surface area (Å²) < 4.78 is 6.84.